The van der Waals surface area contributed by atoms with Crippen LogP contribution in [0.4, 0.5) is 19.0 Å². The first-order valence-electron chi connectivity index (χ1n) is 8.27. The normalized spacial score (nSPS) is 18.9. The van der Waals surface area contributed by atoms with Crippen LogP contribution >= 0.6 is 11.6 Å². The molecule has 29 heavy (non-hydrogen) atoms. The molecule has 0 bridgehead atoms. The molecule has 12 heteroatoms. The topological polar surface area (TPSA) is 120 Å². The van der Waals surface area contributed by atoms with E-state index in [-0.39, 0.29) is 13.0 Å². The summed E-state index contributed by atoms with van der Waals surface area (Å²) in [5.41, 5.74) is -6.32. The number of aliphatic hydroxyl groups is 1. The molecule has 0 saturated heterocycles. The second kappa shape index (κ2) is 6.22. The number of hydrogen-bond donors (Lipinski definition) is 4. The number of carbonyl (C=O) groups excluding carboxylic acids is 1. The predicted molar refractivity (Wildman–Crippen MR) is 96.9 cm³/mol. The van der Waals surface area contributed by atoms with Crippen molar-refractivity contribution in [3.63, 3.8) is 0 Å². The van der Waals surface area contributed by atoms with Crippen molar-refractivity contribution in [1.82, 2.24) is 14.5 Å². The lowest BCUT2D eigenvalue weighted by Crippen LogP contribution is -2.50. The lowest BCUT2D eigenvalue weighted by molar-refractivity contribution is -0.252. The van der Waals surface area contributed by atoms with E-state index in [2.05, 4.69) is 4.98 Å². The van der Waals surface area contributed by atoms with Gasteiger partial charge in [-0.3, -0.25) is 19.1 Å². The molecule has 1 unspecified atom stereocenters. The molecule has 0 spiro atoms. The number of aryl methyl sites for hydroxylation is 1. The van der Waals surface area contributed by atoms with Gasteiger partial charge >= 0.3 is 11.9 Å². The lowest BCUT2D eigenvalue weighted by Gasteiger charge is -2.22. The van der Waals surface area contributed by atoms with Crippen LogP contribution in [0.25, 0.3) is 10.9 Å². The summed E-state index contributed by atoms with van der Waals surface area (Å²) in [5.74, 6) is -2.52. The summed E-state index contributed by atoms with van der Waals surface area (Å²) < 4.78 is 40.8. The van der Waals surface area contributed by atoms with Crippen molar-refractivity contribution in [2.75, 3.05) is 5.32 Å². The average molecular weight is 429 g/mol. The van der Waals surface area contributed by atoms with E-state index >= 15 is 0 Å². The first-order valence-corrected chi connectivity index (χ1v) is 8.65. The van der Waals surface area contributed by atoms with Gasteiger partial charge in [-0.2, -0.15) is 13.2 Å². The summed E-state index contributed by atoms with van der Waals surface area (Å²) in [6.45, 7) is -0.175. The molecule has 1 atom stereocenters. The Labute approximate surface area is 163 Å². The summed E-state index contributed by atoms with van der Waals surface area (Å²) >= 11 is 5.98. The summed E-state index contributed by atoms with van der Waals surface area (Å²) in [7, 11) is 0. The van der Waals surface area contributed by atoms with E-state index in [0.29, 0.717) is 10.6 Å². The minimum absolute atomic E-state index is 0.166. The molecule has 0 radical (unpaired) electrons. The fourth-order valence-electron chi connectivity index (χ4n) is 3.42. The highest BCUT2D eigenvalue weighted by atomic mass is 35.5. The Morgan fingerprint density at radius 1 is 1.21 bits per heavy atom. The number of nitrogens with one attached hydrogen (secondary N) is 3. The molecule has 4 N–H and O–H groups in total. The van der Waals surface area contributed by atoms with Crippen molar-refractivity contribution in [2.24, 2.45) is 0 Å². The molecule has 3 aromatic rings. The van der Waals surface area contributed by atoms with Gasteiger partial charge < -0.3 is 15.4 Å². The van der Waals surface area contributed by atoms with E-state index in [1.165, 1.54) is 0 Å². The quantitative estimate of drug-likeness (QED) is 0.506. The largest absolute Gasteiger partial charge is 0.431 e. The number of aromatic nitrogens is 3. The van der Waals surface area contributed by atoms with Crippen LogP contribution in [0.3, 0.4) is 0 Å². The molecule has 0 saturated carbocycles. The molecular weight excluding hydrogens is 417 g/mol. The third kappa shape index (κ3) is 2.76. The number of alkyl halides is 3. The van der Waals surface area contributed by atoms with Gasteiger partial charge in [-0.25, -0.2) is 4.79 Å². The molecule has 1 amide bonds. The van der Waals surface area contributed by atoms with E-state index in [1.54, 1.807) is 29.4 Å². The highest BCUT2D eigenvalue weighted by Crippen LogP contribution is 2.44. The zero-order valence-electron chi connectivity index (χ0n) is 14.4. The van der Waals surface area contributed by atoms with Gasteiger partial charge in [0.25, 0.3) is 17.1 Å². The van der Waals surface area contributed by atoms with Crippen molar-refractivity contribution >= 4 is 34.2 Å². The number of H-pyrrole nitrogens is 2. The molecule has 2 aromatic heterocycles. The smallest absolute Gasteiger partial charge is 0.368 e. The van der Waals surface area contributed by atoms with E-state index < -0.39 is 40.3 Å². The van der Waals surface area contributed by atoms with Crippen LogP contribution < -0.4 is 16.6 Å². The highest BCUT2D eigenvalue weighted by Gasteiger charge is 2.66. The summed E-state index contributed by atoms with van der Waals surface area (Å²) in [6.07, 6.45) is -3.63. The zero-order valence-corrected chi connectivity index (χ0v) is 15.1. The molecule has 1 aliphatic heterocycles. The zero-order chi connectivity index (χ0) is 21.1. The number of anilines is 1. The van der Waals surface area contributed by atoms with Gasteiger partial charge in [0.15, 0.2) is 0 Å². The summed E-state index contributed by atoms with van der Waals surface area (Å²) in [4.78, 5) is 40.8. The molecule has 8 nitrogen and oxygen atoms in total. The summed E-state index contributed by atoms with van der Waals surface area (Å²) in [6, 6.07) is 5.11. The minimum Gasteiger partial charge on any atom is -0.368 e. The second-order valence-electron chi connectivity index (χ2n) is 6.55. The SMILES string of the molecule is O=C1Nc2c(c(=O)[nH]c(=O)n2CCc2c[nH]c3ccc(Cl)cc23)C1(O)C(F)(F)F. The third-order valence-corrected chi connectivity index (χ3v) is 5.10. The second-order valence-corrected chi connectivity index (χ2v) is 6.99. The molecule has 1 aliphatic rings. The average Bonchev–Trinajstić information content (AvgIpc) is 3.14. The molecule has 0 fully saturated rings. The Bertz CT molecular complexity index is 1280. The number of hydrogen-bond acceptors (Lipinski definition) is 4. The van der Waals surface area contributed by atoms with E-state index in [0.717, 1.165) is 15.5 Å². The lowest BCUT2D eigenvalue weighted by atomic mass is 9.97. The van der Waals surface area contributed by atoms with Gasteiger partial charge in [0, 0.05) is 28.7 Å². The van der Waals surface area contributed by atoms with Gasteiger partial charge in [-0.15, -0.1) is 0 Å². The van der Waals surface area contributed by atoms with E-state index in [4.69, 9.17) is 11.6 Å². The van der Waals surface area contributed by atoms with Gasteiger partial charge in [-0.1, -0.05) is 11.6 Å². The molecule has 152 valence electrons. The fourth-order valence-corrected chi connectivity index (χ4v) is 3.59. The van der Waals surface area contributed by atoms with Crippen molar-refractivity contribution in [1.29, 1.82) is 0 Å². The van der Waals surface area contributed by atoms with E-state index in [9.17, 15) is 32.7 Å². The van der Waals surface area contributed by atoms with E-state index in [1.807, 2.05) is 5.32 Å². The van der Waals surface area contributed by atoms with Crippen molar-refractivity contribution in [2.45, 2.75) is 24.7 Å². The molecular formula is C17H12ClF3N4O4. The number of fused-ring (bicyclic) bond motifs is 2. The van der Waals surface area contributed by atoms with Crippen LogP contribution in [0.15, 0.2) is 34.0 Å². The fraction of sp³-hybridized carbons (Fsp3) is 0.235. The first-order chi connectivity index (χ1) is 13.5. The Morgan fingerprint density at radius 3 is 2.62 bits per heavy atom. The molecule has 3 heterocycles. The van der Waals surface area contributed by atoms with Crippen LogP contribution in [0, 0.1) is 0 Å². The van der Waals surface area contributed by atoms with Crippen LogP contribution in [-0.2, 0) is 23.4 Å². The van der Waals surface area contributed by atoms with Crippen molar-refractivity contribution < 1.29 is 23.1 Å². The van der Waals surface area contributed by atoms with Gasteiger partial charge in [0.2, 0.25) is 0 Å². The van der Waals surface area contributed by atoms with Crippen LogP contribution in [-0.4, -0.2) is 31.7 Å². The van der Waals surface area contributed by atoms with Crippen molar-refractivity contribution in [3.8, 4) is 0 Å². The van der Waals surface area contributed by atoms with Crippen LogP contribution in [0.2, 0.25) is 5.02 Å². The number of rotatable bonds is 3. The number of aromatic amines is 2. The Hall–Kier alpha value is -3.05. The molecule has 0 aliphatic carbocycles. The maximum Gasteiger partial charge on any atom is 0.431 e. The van der Waals surface area contributed by atoms with Crippen LogP contribution in [0.1, 0.15) is 11.1 Å². The molecule has 1 aromatic carbocycles. The molecule has 4 rings (SSSR count). The number of carbonyl (C=O) groups is 1. The maximum atomic E-state index is 13.3. The number of benzene rings is 1. The summed E-state index contributed by atoms with van der Waals surface area (Å²) in [5, 5.41) is 13.0. The third-order valence-electron chi connectivity index (χ3n) is 4.87. The van der Waals surface area contributed by atoms with Crippen LogP contribution in [0.5, 0.6) is 0 Å². The van der Waals surface area contributed by atoms with Gasteiger partial charge in [0.1, 0.15) is 11.4 Å². The first kappa shape index (κ1) is 19.3. The van der Waals surface area contributed by atoms with Gasteiger partial charge in [-0.05, 0) is 30.2 Å². The Kier molecular flexibility index (Phi) is 4.14. The Morgan fingerprint density at radius 2 is 1.93 bits per heavy atom. The minimum atomic E-state index is -5.45. The van der Waals surface area contributed by atoms with Crippen molar-refractivity contribution in [3.05, 3.63) is 61.4 Å². The Balaban J connectivity index is 1.79. The predicted octanol–water partition coefficient (Wildman–Crippen LogP) is 1.62. The number of nitrogens with zero attached hydrogens (tertiary/aromatic N) is 1. The van der Waals surface area contributed by atoms with Gasteiger partial charge in [0.05, 0.1) is 0 Å². The monoisotopic (exact) mass is 428 g/mol. The number of halogens is 4. The number of amides is 1. The highest BCUT2D eigenvalue weighted by molar-refractivity contribution is 6.31. The maximum absolute atomic E-state index is 13.3. The standard InChI is InChI=1S/C17H12ClF3N4O4/c18-8-1-2-10-9(5-8)7(6-22-10)3-4-25-12-11(13(26)24-15(25)28)16(29,14(27)23-12)17(19,20)21/h1-2,5-6,22,29H,3-4H2,(H,23,27)(H,24,26,28).